The van der Waals surface area contributed by atoms with Crippen LogP contribution in [0.3, 0.4) is 0 Å². The van der Waals surface area contributed by atoms with Crippen LogP contribution < -0.4 is 11.1 Å². The van der Waals surface area contributed by atoms with Crippen molar-refractivity contribution in [2.75, 3.05) is 26.2 Å². The number of unbranched alkanes of at least 4 members (excludes halogenated alkanes) is 1. The standard InChI is InChI=1S/C13H30N4.HI/c1-6-17(7-2)11-9-8-10-15-12(14)16-13(3,4)5;/h6-11H2,1-5H3,(H3,14,15,16);1H. The number of hydrogen-bond donors (Lipinski definition) is 2. The molecular weight excluding hydrogens is 339 g/mol. The van der Waals surface area contributed by atoms with Crippen molar-refractivity contribution in [2.45, 2.75) is 53.0 Å². The summed E-state index contributed by atoms with van der Waals surface area (Å²) >= 11 is 0. The Morgan fingerprint density at radius 3 is 2.17 bits per heavy atom. The van der Waals surface area contributed by atoms with E-state index in [-0.39, 0.29) is 29.5 Å². The Hall–Kier alpha value is -0.0400. The van der Waals surface area contributed by atoms with Crippen LogP contribution in [0.4, 0.5) is 0 Å². The molecule has 0 aromatic carbocycles. The van der Waals surface area contributed by atoms with Crippen LogP contribution in [0.25, 0.3) is 0 Å². The van der Waals surface area contributed by atoms with Gasteiger partial charge in [-0.05, 0) is 53.2 Å². The molecule has 0 aromatic heterocycles. The van der Waals surface area contributed by atoms with E-state index in [0.29, 0.717) is 5.96 Å². The van der Waals surface area contributed by atoms with Gasteiger partial charge in [-0.1, -0.05) is 13.8 Å². The predicted octanol–water partition coefficient (Wildman–Crippen LogP) is 2.43. The fourth-order valence-corrected chi connectivity index (χ4v) is 1.61. The molecule has 110 valence electrons. The van der Waals surface area contributed by atoms with Crippen molar-refractivity contribution in [3.05, 3.63) is 0 Å². The zero-order valence-corrected chi connectivity index (χ0v) is 15.0. The first-order valence-corrected chi connectivity index (χ1v) is 6.69. The maximum atomic E-state index is 5.78. The smallest absolute Gasteiger partial charge is 0.188 e. The first-order chi connectivity index (χ1) is 7.89. The highest BCUT2D eigenvalue weighted by atomic mass is 127. The molecule has 0 atom stereocenters. The van der Waals surface area contributed by atoms with Gasteiger partial charge in [0.25, 0.3) is 0 Å². The number of guanidine groups is 1. The van der Waals surface area contributed by atoms with Gasteiger partial charge in [-0.15, -0.1) is 24.0 Å². The van der Waals surface area contributed by atoms with E-state index < -0.39 is 0 Å². The summed E-state index contributed by atoms with van der Waals surface area (Å²) in [6, 6.07) is 0. The van der Waals surface area contributed by atoms with Crippen LogP contribution in [-0.2, 0) is 0 Å². The van der Waals surface area contributed by atoms with E-state index in [9.17, 15) is 0 Å². The summed E-state index contributed by atoms with van der Waals surface area (Å²) in [6.07, 6.45) is 2.29. The maximum Gasteiger partial charge on any atom is 0.188 e. The van der Waals surface area contributed by atoms with Crippen LogP contribution in [0.15, 0.2) is 4.99 Å². The van der Waals surface area contributed by atoms with Crippen molar-refractivity contribution in [3.63, 3.8) is 0 Å². The average molecular weight is 370 g/mol. The first-order valence-electron chi connectivity index (χ1n) is 6.69. The molecule has 0 unspecified atom stereocenters. The second-order valence-corrected chi connectivity index (χ2v) is 5.38. The van der Waals surface area contributed by atoms with Crippen LogP contribution >= 0.6 is 24.0 Å². The lowest BCUT2D eigenvalue weighted by Crippen LogP contribution is -2.45. The lowest BCUT2D eigenvalue weighted by Gasteiger charge is -2.21. The van der Waals surface area contributed by atoms with E-state index in [1.807, 2.05) is 0 Å². The van der Waals surface area contributed by atoms with E-state index in [1.54, 1.807) is 0 Å². The topological polar surface area (TPSA) is 53.6 Å². The fourth-order valence-electron chi connectivity index (χ4n) is 1.61. The van der Waals surface area contributed by atoms with E-state index >= 15 is 0 Å². The molecule has 0 saturated heterocycles. The zero-order chi connectivity index (χ0) is 13.3. The molecule has 0 aliphatic heterocycles. The van der Waals surface area contributed by atoms with Crippen molar-refractivity contribution in [1.82, 2.24) is 10.2 Å². The molecule has 0 radical (unpaired) electrons. The van der Waals surface area contributed by atoms with Crippen molar-refractivity contribution in [3.8, 4) is 0 Å². The van der Waals surface area contributed by atoms with Crippen molar-refractivity contribution >= 4 is 29.9 Å². The van der Waals surface area contributed by atoms with Gasteiger partial charge in [0.15, 0.2) is 5.96 Å². The molecule has 4 nitrogen and oxygen atoms in total. The van der Waals surface area contributed by atoms with E-state index in [2.05, 4.69) is 49.8 Å². The lowest BCUT2D eigenvalue weighted by molar-refractivity contribution is 0.297. The first kappa shape index (κ1) is 20.3. The zero-order valence-electron chi connectivity index (χ0n) is 12.6. The summed E-state index contributed by atoms with van der Waals surface area (Å²) in [5, 5.41) is 3.16. The maximum absolute atomic E-state index is 5.78. The average Bonchev–Trinajstić information content (AvgIpc) is 2.21. The molecule has 0 rings (SSSR count). The minimum atomic E-state index is -0.00515. The monoisotopic (exact) mass is 370 g/mol. The molecule has 0 aliphatic rings. The Morgan fingerprint density at radius 1 is 1.17 bits per heavy atom. The summed E-state index contributed by atoms with van der Waals surface area (Å²) in [7, 11) is 0. The second kappa shape index (κ2) is 10.8. The van der Waals surface area contributed by atoms with Gasteiger partial charge in [0.1, 0.15) is 0 Å². The summed E-state index contributed by atoms with van der Waals surface area (Å²) in [5.74, 6) is 0.556. The van der Waals surface area contributed by atoms with Crippen LogP contribution in [0.2, 0.25) is 0 Å². The Bertz CT molecular complexity index is 220. The highest BCUT2D eigenvalue weighted by Crippen LogP contribution is 1.98. The molecule has 0 saturated carbocycles. The Balaban J connectivity index is 0. The molecule has 0 amide bonds. The molecule has 3 N–H and O–H groups in total. The number of halogens is 1. The SMILES string of the molecule is CCN(CC)CCCCN=C(N)NC(C)(C)C.I. The Labute approximate surface area is 130 Å². The molecule has 0 fully saturated rings. The summed E-state index contributed by atoms with van der Waals surface area (Å²) in [6.45, 7) is 14.9. The van der Waals surface area contributed by atoms with Gasteiger partial charge in [-0.25, -0.2) is 0 Å². The largest absolute Gasteiger partial charge is 0.370 e. The minimum absolute atomic E-state index is 0. The number of nitrogens with zero attached hydrogens (tertiary/aromatic N) is 2. The number of rotatable bonds is 7. The van der Waals surface area contributed by atoms with Crippen molar-refractivity contribution < 1.29 is 0 Å². The minimum Gasteiger partial charge on any atom is -0.370 e. The van der Waals surface area contributed by atoms with Gasteiger partial charge in [-0.2, -0.15) is 0 Å². The van der Waals surface area contributed by atoms with E-state index in [1.165, 1.54) is 6.42 Å². The summed E-state index contributed by atoms with van der Waals surface area (Å²) in [4.78, 5) is 6.75. The summed E-state index contributed by atoms with van der Waals surface area (Å²) < 4.78 is 0. The normalized spacial score (nSPS) is 12.4. The van der Waals surface area contributed by atoms with Gasteiger partial charge < -0.3 is 16.0 Å². The Morgan fingerprint density at radius 2 is 1.72 bits per heavy atom. The number of nitrogens with one attached hydrogen (secondary N) is 1. The van der Waals surface area contributed by atoms with E-state index in [4.69, 9.17) is 5.73 Å². The van der Waals surface area contributed by atoms with Gasteiger partial charge in [-0.3, -0.25) is 4.99 Å². The van der Waals surface area contributed by atoms with Gasteiger partial charge in [0.05, 0.1) is 0 Å². The molecule has 0 aromatic rings. The van der Waals surface area contributed by atoms with Crippen LogP contribution in [0.5, 0.6) is 0 Å². The van der Waals surface area contributed by atoms with Crippen LogP contribution in [0, 0.1) is 0 Å². The highest BCUT2D eigenvalue weighted by Gasteiger charge is 2.09. The summed E-state index contributed by atoms with van der Waals surface area (Å²) in [5.41, 5.74) is 5.78. The molecule has 0 spiro atoms. The van der Waals surface area contributed by atoms with Gasteiger partial charge in [0, 0.05) is 12.1 Å². The molecular formula is C13H31IN4. The number of hydrogen-bond acceptors (Lipinski definition) is 2. The predicted molar refractivity (Wildman–Crippen MR) is 91.8 cm³/mol. The molecule has 18 heavy (non-hydrogen) atoms. The molecule has 0 heterocycles. The van der Waals surface area contributed by atoms with Gasteiger partial charge in [0.2, 0.25) is 0 Å². The highest BCUT2D eigenvalue weighted by molar-refractivity contribution is 14.0. The Kier molecular flexibility index (Phi) is 12.2. The number of aliphatic imine (C=N–C) groups is 1. The third-order valence-corrected chi connectivity index (χ3v) is 2.56. The second-order valence-electron chi connectivity index (χ2n) is 5.38. The third kappa shape index (κ3) is 12.4. The van der Waals surface area contributed by atoms with Crippen LogP contribution in [0.1, 0.15) is 47.5 Å². The molecule has 5 heteroatoms. The molecule has 0 bridgehead atoms. The quantitative estimate of drug-likeness (QED) is 0.313. The molecule has 0 aliphatic carbocycles. The van der Waals surface area contributed by atoms with Crippen molar-refractivity contribution in [2.24, 2.45) is 10.7 Å². The van der Waals surface area contributed by atoms with Gasteiger partial charge >= 0.3 is 0 Å². The van der Waals surface area contributed by atoms with E-state index in [0.717, 1.165) is 32.6 Å². The number of nitrogens with two attached hydrogens (primary N) is 1. The van der Waals surface area contributed by atoms with Crippen molar-refractivity contribution in [1.29, 1.82) is 0 Å². The lowest BCUT2D eigenvalue weighted by atomic mass is 10.1. The fraction of sp³-hybridized carbons (Fsp3) is 0.923. The van der Waals surface area contributed by atoms with Crippen LogP contribution in [-0.4, -0.2) is 42.6 Å². The third-order valence-electron chi connectivity index (χ3n) is 2.56.